The van der Waals surface area contributed by atoms with E-state index in [2.05, 4.69) is 18.7 Å². The zero-order valence-electron chi connectivity index (χ0n) is 13.6. The van der Waals surface area contributed by atoms with Gasteiger partial charge in [0.15, 0.2) is 0 Å². The summed E-state index contributed by atoms with van der Waals surface area (Å²) in [5.74, 6) is 0.864. The molecule has 1 heterocycles. The van der Waals surface area contributed by atoms with Crippen molar-refractivity contribution in [3.05, 3.63) is 29.8 Å². The van der Waals surface area contributed by atoms with Crippen LogP contribution in [0, 0.1) is 0 Å². The highest BCUT2D eigenvalue weighted by Gasteiger charge is 2.34. The van der Waals surface area contributed by atoms with E-state index >= 15 is 0 Å². The first kappa shape index (κ1) is 16.3. The summed E-state index contributed by atoms with van der Waals surface area (Å²) >= 11 is 0. The lowest BCUT2D eigenvalue weighted by Crippen LogP contribution is -2.53. The Bertz CT molecular complexity index is 437. The Kier molecular flexibility index (Phi) is 5.65. The summed E-state index contributed by atoms with van der Waals surface area (Å²) in [5, 5.41) is 10.8. The molecule has 2 rings (SSSR count). The molecule has 1 fully saturated rings. The molecule has 1 aromatic carbocycles. The average Bonchev–Trinajstić information content (AvgIpc) is 2.77. The van der Waals surface area contributed by atoms with E-state index in [1.807, 2.05) is 24.3 Å². The molecular weight excluding hydrogens is 262 g/mol. The minimum Gasteiger partial charge on any atom is -0.496 e. The van der Waals surface area contributed by atoms with Crippen molar-refractivity contribution < 1.29 is 9.84 Å². The summed E-state index contributed by atoms with van der Waals surface area (Å²) in [6.45, 7) is 6.52. The van der Waals surface area contributed by atoms with Crippen LogP contribution >= 0.6 is 0 Å². The number of aliphatic hydroxyl groups is 1. The van der Waals surface area contributed by atoms with E-state index in [0.29, 0.717) is 6.42 Å². The van der Waals surface area contributed by atoms with Crippen LogP contribution in [0.5, 0.6) is 5.75 Å². The predicted molar refractivity (Wildman–Crippen MR) is 86.8 cm³/mol. The Hall–Kier alpha value is -1.06. The van der Waals surface area contributed by atoms with Crippen molar-refractivity contribution in [2.45, 2.75) is 57.6 Å². The topological polar surface area (TPSA) is 32.7 Å². The number of para-hydroxylation sites is 1. The Labute approximate surface area is 128 Å². The molecule has 118 valence electrons. The fraction of sp³-hybridized carbons (Fsp3) is 0.667. The van der Waals surface area contributed by atoms with Gasteiger partial charge in [0.25, 0.3) is 0 Å². The normalized spacial score (nSPS) is 19.0. The molecule has 1 unspecified atom stereocenters. The lowest BCUT2D eigenvalue weighted by Gasteiger charge is -2.41. The number of aliphatic hydroxyl groups excluding tert-OH is 1. The van der Waals surface area contributed by atoms with Gasteiger partial charge in [-0.2, -0.15) is 0 Å². The van der Waals surface area contributed by atoms with Crippen LogP contribution in [-0.4, -0.2) is 41.8 Å². The number of ether oxygens (including phenoxy) is 1. The third kappa shape index (κ3) is 3.98. The first-order valence-corrected chi connectivity index (χ1v) is 8.10. The number of benzene rings is 1. The van der Waals surface area contributed by atoms with E-state index in [-0.39, 0.29) is 5.54 Å². The maximum Gasteiger partial charge on any atom is 0.122 e. The highest BCUT2D eigenvalue weighted by molar-refractivity contribution is 5.34. The van der Waals surface area contributed by atoms with Gasteiger partial charge in [-0.3, -0.25) is 4.90 Å². The molecule has 1 aliphatic rings. The molecule has 1 saturated heterocycles. The van der Waals surface area contributed by atoms with Gasteiger partial charge in [-0.1, -0.05) is 31.0 Å². The lowest BCUT2D eigenvalue weighted by molar-refractivity contribution is -0.00809. The standard InChI is InChI=1S/C18H29NO2/c1-18(2,19-12-8-4-5-9-13-19)17(20)14-15-10-6-7-11-16(15)21-3/h6-7,10-11,17,20H,4-5,8-9,12-14H2,1-3H3. The average molecular weight is 291 g/mol. The second kappa shape index (κ2) is 7.28. The zero-order chi connectivity index (χ0) is 15.3. The summed E-state index contributed by atoms with van der Waals surface area (Å²) in [7, 11) is 1.69. The summed E-state index contributed by atoms with van der Waals surface area (Å²) in [5.41, 5.74) is 0.876. The summed E-state index contributed by atoms with van der Waals surface area (Å²) in [4.78, 5) is 2.46. The quantitative estimate of drug-likeness (QED) is 0.904. The second-order valence-electron chi connectivity index (χ2n) is 6.59. The Morgan fingerprint density at radius 1 is 1.14 bits per heavy atom. The molecule has 0 amide bonds. The fourth-order valence-corrected chi connectivity index (χ4v) is 3.19. The summed E-state index contributed by atoms with van der Waals surface area (Å²) in [6.07, 6.45) is 5.35. The molecule has 1 aromatic rings. The number of hydrogen-bond acceptors (Lipinski definition) is 3. The molecule has 0 radical (unpaired) electrons. The van der Waals surface area contributed by atoms with Crippen LogP contribution < -0.4 is 4.74 Å². The van der Waals surface area contributed by atoms with Crippen LogP contribution in [0.2, 0.25) is 0 Å². The highest BCUT2D eigenvalue weighted by Crippen LogP contribution is 2.28. The summed E-state index contributed by atoms with van der Waals surface area (Å²) in [6, 6.07) is 7.97. The fourth-order valence-electron chi connectivity index (χ4n) is 3.19. The van der Waals surface area contributed by atoms with Crippen LogP contribution in [0.1, 0.15) is 45.1 Å². The van der Waals surface area contributed by atoms with Crippen molar-refractivity contribution in [3.63, 3.8) is 0 Å². The second-order valence-corrected chi connectivity index (χ2v) is 6.59. The van der Waals surface area contributed by atoms with Crippen molar-refractivity contribution in [1.82, 2.24) is 4.90 Å². The predicted octanol–water partition coefficient (Wildman–Crippen LogP) is 3.25. The number of methoxy groups -OCH3 is 1. The molecule has 0 spiro atoms. The Balaban J connectivity index is 2.08. The lowest BCUT2D eigenvalue weighted by atomic mass is 9.89. The minimum atomic E-state index is -0.396. The Morgan fingerprint density at radius 3 is 2.38 bits per heavy atom. The van der Waals surface area contributed by atoms with Crippen molar-refractivity contribution >= 4 is 0 Å². The van der Waals surface area contributed by atoms with Crippen LogP contribution in [0.4, 0.5) is 0 Å². The first-order valence-electron chi connectivity index (χ1n) is 8.10. The van der Waals surface area contributed by atoms with E-state index in [1.54, 1.807) is 7.11 Å². The third-order valence-corrected chi connectivity index (χ3v) is 4.84. The van der Waals surface area contributed by atoms with Crippen LogP contribution in [0.15, 0.2) is 24.3 Å². The highest BCUT2D eigenvalue weighted by atomic mass is 16.5. The van der Waals surface area contributed by atoms with E-state index in [0.717, 1.165) is 24.4 Å². The molecule has 21 heavy (non-hydrogen) atoms. The molecule has 3 heteroatoms. The van der Waals surface area contributed by atoms with Crippen molar-refractivity contribution in [3.8, 4) is 5.75 Å². The van der Waals surface area contributed by atoms with Crippen LogP contribution in [0.25, 0.3) is 0 Å². The molecule has 3 nitrogen and oxygen atoms in total. The molecular formula is C18H29NO2. The van der Waals surface area contributed by atoms with Crippen molar-refractivity contribution in [2.75, 3.05) is 20.2 Å². The van der Waals surface area contributed by atoms with Crippen molar-refractivity contribution in [1.29, 1.82) is 0 Å². The molecule has 1 atom stereocenters. The van der Waals surface area contributed by atoms with Gasteiger partial charge in [0.1, 0.15) is 5.75 Å². The van der Waals surface area contributed by atoms with Gasteiger partial charge in [0, 0.05) is 12.0 Å². The maximum atomic E-state index is 10.8. The van der Waals surface area contributed by atoms with Crippen molar-refractivity contribution in [2.24, 2.45) is 0 Å². The largest absolute Gasteiger partial charge is 0.496 e. The number of nitrogens with zero attached hydrogens (tertiary/aromatic N) is 1. The van der Waals surface area contributed by atoms with Gasteiger partial charge in [0.2, 0.25) is 0 Å². The van der Waals surface area contributed by atoms with E-state index < -0.39 is 6.10 Å². The van der Waals surface area contributed by atoms with Gasteiger partial charge in [-0.25, -0.2) is 0 Å². The minimum absolute atomic E-state index is 0.203. The molecule has 0 saturated carbocycles. The van der Waals surface area contributed by atoms with Gasteiger partial charge in [0.05, 0.1) is 13.2 Å². The van der Waals surface area contributed by atoms with Gasteiger partial charge >= 0.3 is 0 Å². The van der Waals surface area contributed by atoms with Crippen LogP contribution in [0.3, 0.4) is 0 Å². The van der Waals surface area contributed by atoms with Gasteiger partial charge in [-0.05, 0) is 51.4 Å². The van der Waals surface area contributed by atoms with Gasteiger partial charge < -0.3 is 9.84 Å². The van der Waals surface area contributed by atoms with Gasteiger partial charge in [-0.15, -0.1) is 0 Å². The molecule has 1 aliphatic heterocycles. The smallest absolute Gasteiger partial charge is 0.122 e. The monoisotopic (exact) mass is 291 g/mol. The molecule has 0 bridgehead atoms. The molecule has 0 aliphatic carbocycles. The molecule has 0 aromatic heterocycles. The Morgan fingerprint density at radius 2 is 1.76 bits per heavy atom. The zero-order valence-corrected chi connectivity index (χ0v) is 13.6. The number of likely N-dealkylation sites (tertiary alicyclic amines) is 1. The number of hydrogen-bond donors (Lipinski definition) is 1. The summed E-state index contributed by atoms with van der Waals surface area (Å²) < 4.78 is 5.40. The first-order chi connectivity index (χ1) is 10.1. The van der Waals surface area contributed by atoms with Crippen LogP contribution in [-0.2, 0) is 6.42 Å². The third-order valence-electron chi connectivity index (χ3n) is 4.84. The number of rotatable bonds is 5. The van der Waals surface area contributed by atoms with E-state index in [1.165, 1.54) is 25.7 Å². The maximum absolute atomic E-state index is 10.8. The molecule has 1 N–H and O–H groups in total. The van der Waals surface area contributed by atoms with E-state index in [9.17, 15) is 5.11 Å². The van der Waals surface area contributed by atoms with E-state index in [4.69, 9.17) is 4.74 Å². The SMILES string of the molecule is COc1ccccc1CC(O)C(C)(C)N1CCCCCC1.